The summed E-state index contributed by atoms with van der Waals surface area (Å²) in [5.41, 5.74) is 2.71. The van der Waals surface area contributed by atoms with Gasteiger partial charge in [-0.2, -0.15) is 0 Å². The van der Waals surface area contributed by atoms with Crippen LogP contribution in [-0.4, -0.2) is 25.0 Å². The Balaban J connectivity index is 1.85. The number of amides is 2. The molecule has 5 heteroatoms. The summed E-state index contributed by atoms with van der Waals surface area (Å²) < 4.78 is 5.42. The molecule has 0 aliphatic heterocycles. The van der Waals surface area contributed by atoms with Crippen molar-refractivity contribution >= 4 is 11.8 Å². The number of carbonyl (C=O) groups is 2. The molecule has 0 heterocycles. The van der Waals surface area contributed by atoms with Crippen LogP contribution in [0.15, 0.2) is 48.5 Å². The fourth-order valence-corrected chi connectivity index (χ4v) is 2.78. The topological polar surface area (TPSA) is 67.4 Å². The Morgan fingerprint density at radius 1 is 1.00 bits per heavy atom. The third-order valence-electron chi connectivity index (χ3n) is 4.49. The van der Waals surface area contributed by atoms with Gasteiger partial charge in [-0.25, -0.2) is 0 Å². The third kappa shape index (κ3) is 6.12. The van der Waals surface area contributed by atoms with E-state index in [0.717, 1.165) is 16.9 Å². The van der Waals surface area contributed by atoms with Crippen LogP contribution in [0.2, 0.25) is 0 Å². The second-order valence-corrected chi connectivity index (χ2v) is 7.80. The van der Waals surface area contributed by atoms with Crippen molar-refractivity contribution in [2.45, 2.75) is 46.1 Å². The molecule has 0 fully saturated rings. The van der Waals surface area contributed by atoms with Gasteiger partial charge in [0.1, 0.15) is 5.75 Å². The van der Waals surface area contributed by atoms with Crippen molar-refractivity contribution in [3.8, 4) is 5.75 Å². The summed E-state index contributed by atoms with van der Waals surface area (Å²) >= 11 is 0. The van der Waals surface area contributed by atoms with Crippen LogP contribution in [-0.2, 0) is 10.2 Å². The van der Waals surface area contributed by atoms with E-state index in [1.807, 2.05) is 50.2 Å². The summed E-state index contributed by atoms with van der Waals surface area (Å²) in [6, 6.07) is 14.9. The highest BCUT2D eigenvalue weighted by Crippen LogP contribution is 2.22. The first-order chi connectivity index (χ1) is 13.2. The molecule has 0 bridgehead atoms. The van der Waals surface area contributed by atoms with E-state index in [9.17, 15) is 9.59 Å². The molecule has 0 aliphatic rings. The molecule has 2 N–H and O–H groups in total. The minimum atomic E-state index is -0.260. The second kappa shape index (κ2) is 9.40. The standard InChI is InChI=1S/C23H30N2O3/c1-6-28-20-13-9-17(10-14-20)16(2)25-21(26)15-24-22(27)18-7-11-19(12-8-18)23(3,4)5/h7-14,16H,6,15H2,1-5H3,(H,24,27)(H,25,26). The zero-order chi connectivity index (χ0) is 20.7. The highest BCUT2D eigenvalue weighted by atomic mass is 16.5. The van der Waals surface area contributed by atoms with Crippen molar-refractivity contribution in [3.05, 3.63) is 65.2 Å². The molecule has 2 aromatic rings. The van der Waals surface area contributed by atoms with E-state index < -0.39 is 0 Å². The van der Waals surface area contributed by atoms with Gasteiger partial charge in [-0.05, 0) is 54.7 Å². The van der Waals surface area contributed by atoms with E-state index >= 15 is 0 Å². The Kier molecular flexibility index (Phi) is 7.21. The normalized spacial score (nSPS) is 12.2. The number of nitrogens with one attached hydrogen (secondary N) is 2. The van der Waals surface area contributed by atoms with E-state index in [1.165, 1.54) is 0 Å². The van der Waals surface area contributed by atoms with Crippen LogP contribution < -0.4 is 15.4 Å². The summed E-state index contributed by atoms with van der Waals surface area (Å²) in [7, 11) is 0. The SMILES string of the molecule is CCOc1ccc(C(C)NC(=O)CNC(=O)c2ccc(C(C)(C)C)cc2)cc1. The largest absolute Gasteiger partial charge is 0.494 e. The fourth-order valence-electron chi connectivity index (χ4n) is 2.78. The predicted octanol–water partition coefficient (Wildman–Crippen LogP) is 3.99. The van der Waals surface area contributed by atoms with Crippen LogP contribution in [0.4, 0.5) is 0 Å². The lowest BCUT2D eigenvalue weighted by Gasteiger charge is -2.19. The maximum absolute atomic E-state index is 12.3. The quantitative estimate of drug-likeness (QED) is 0.761. The molecule has 0 spiro atoms. The number of ether oxygens (including phenoxy) is 1. The smallest absolute Gasteiger partial charge is 0.251 e. The molecule has 28 heavy (non-hydrogen) atoms. The maximum Gasteiger partial charge on any atom is 0.251 e. The van der Waals surface area contributed by atoms with Crippen molar-refractivity contribution < 1.29 is 14.3 Å². The molecule has 2 amide bonds. The van der Waals surface area contributed by atoms with E-state index in [2.05, 4.69) is 31.4 Å². The Bertz CT molecular complexity index is 790. The molecule has 0 radical (unpaired) electrons. The first kappa shape index (κ1) is 21.5. The van der Waals surface area contributed by atoms with Gasteiger partial charge in [-0.3, -0.25) is 9.59 Å². The van der Waals surface area contributed by atoms with Gasteiger partial charge in [0.25, 0.3) is 5.91 Å². The average Bonchev–Trinajstić information content (AvgIpc) is 2.66. The third-order valence-corrected chi connectivity index (χ3v) is 4.49. The van der Waals surface area contributed by atoms with Crippen molar-refractivity contribution in [1.29, 1.82) is 0 Å². The number of rotatable bonds is 7. The van der Waals surface area contributed by atoms with Gasteiger partial charge >= 0.3 is 0 Å². The molecule has 150 valence electrons. The molecule has 0 aromatic heterocycles. The van der Waals surface area contributed by atoms with Gasteiger partial charge in [0.15, 0.2) is 0 Å². The fraction of sp³-hybridized carbons (Fsp3) is 0.391. The Hall–Kier alpha value is -2.82. The number of carbonyl (C=O) groups excluding carboxylic acids is 2. The molecule has 2 rings (SSSR count). The minimum Gasteiger partial charge on any atom is -0.494 e. The first-order valence-corrected chi connectivity index (χ1v) is 9.61. The molecule has 5 nitrogen and oxygen atoms in total. The lowest BCUT2D eigenvalue weighted by molar-refractivity contribution is -0.120. The van der Waals surface area contributed by atoms with Gasteiger partial charge < -0.3 is 15.4 Å². The van der Waals surface area contributed by atoms with Gasteiger partial charge in [0.2, 0.25) is 5.91 Å². The summed E-state index contributed by atoms with van der Waals surface area (Å²) in [6.45, 7) is 10.8. The molecule has 1 atom stereocenters. The molecule has 2 aromatic carbocycles. The van der Waals surface area contributed by atoms with Crippen LogP contribution in [0.1, 0.15) is 62.1 Å². The molecular weight excluding hydrogens is 352 g/mol. The maximum atomic E-state index is 12.3. The number of hydrogen-bond donors (Lipinski definition) is 2. The Labute approximate surface area is 167 Å². The Morgan fingerprint density at radius 3 is 2.14 bits per heavy atom. The Morgan fingerprint density at radius 2 is 1.61 bits per heavy atom. The van der Waals surface area contributed by atoms with Crippen LogP contribution in [0, 0.1) is 0 Å². The van der Waals surface area contributed by atoms with E-state index in [0.29, 0.717) is 12.2 Å². The van der Waals surface area contributed by atoms with Gasteiger partial charge in [0, 0.05) is 5.56 Å². The number of hydrogen-bond acceptors (Lipinski definition) is 3. The van der Waals surface area contributed by atoms with Crippen molar-refractivity contribution in [2.75, 3.05) is 13.2 Å². The zero-order valence-electron chi connectivity index (χ0n) is 17.3. The summed E-state index contributed by atoms with van der Waals surface area (Å²) in [4.78, 5) is 24.4. The highest BCUT2D eigenvalue weighted by Gasteiger charge is 2.15. The minimum absolute atomic E-state index is 0.0336. The van der Waals surface area contributed by atoms with Crippen molar-refractivity contribution in [1.82, 2.24) is 10.6 Å². The van der Waals surface area contributed by atoms with Gasteiger partial charge in [-0.15, -0.1) is 0 Å². The lowest BCUT2D eigenvalue weighted by atomic mass is 9.87. The van der Waals surface area contributed by atoms with Gasteiger partial charge in [-0.1, -0.05) is 45.0 Å². The first-order valence-electron chi connectivity index (χ1n) is 9.61. The molecule has 1 unspecified atom stereocenters. The van der Waals surface area contributed by atoms with E-state index in [1.54, 1.807) is 12.1 Å². The molecule has 0 aliphatic carbocycles. The second-order valence-electron chi connectivity index (χ2n) is 7.80. The summed E-state index contributed by atoms with van der Waals surface area (Å²) in [6.07, 6.45) is 0. The van der Waals surface area contributed by atoms with Crippen molar-refractivity contribution in [3.63, 3.8) is 0 Å². The van der Waals surface area contributed by atoms with Crippen molar-refractivity contribution in [2.24, 2.45) is 0 Å². The highest BCUT2D eigenvalue weighted by molar-refractivity contribution is 5.96. The van der Waals surface area contributed by atoms with Crippen LogP contribution in [0.3, 0.4) is 0 Å². The molecular formula is C23H30N2O3. The monoisotopic (exact) mass is 382 g/mol. The molecule has 0 saturated carbocycles. The zero-order valence-corrected chi connectivity index (χ0v) is 17.3. The summed E-state index contributed by atoms with van der Waals surface area (Å²) in [5, 5.41) is 5.56. The van der Waals surface area contributed by atoms with Gasteiger partial charge in [0.05, 0.1) is 19.2 Å². The number of benzene rings is 2. The lowest BCUT2D eigenvalue weighted by Crippen LogP contribution is -2.38. The van der Waals surface area contributed by atoms with Crippen LogP contribution >= 0.6 is 0 Å². The van der Waals surface area contributed by atoms with E-state index in [4.69, 9.17) is 4.74 Å². The van der Waals surface area contributed by atoms with E-state index in [-0.39, 0.29) is 29.8 Å². The summed E-state index contributed by atoms with van der Waals surface area (Å²) in [5.74, 6) is 0.305. The van der Waals surface area contributed by atoms with Crippen LogP contribution in [0.25, 0.3) is 0 Å². The predicted molar refractivity (Wildman–Crippen MR) is 112 cm³/mol. The average molecular weight is 383 g/mol. The molecule has 0 saturated heterocycles. The van der Waals surface area contributed by atoms with Crippen LogP contribution in [0.5, 0.6) is 5.75 Å².